The molecule has 5 atom stereocenters. The molecule has 15 heavy (non-hydrogen) atoms. The number of ketones is 1. The molecule has 1 heterocycles. The predicted octanol–water partition coefficient (Wildman–Crippen LogP) is -1.89. The summed E-state index contributed by atoms with van der Waals surface area (Å²) in [4.78, 5) is 22.2. The number of hydrogen-bond donors (Lipinski definition) is 4. The van der Waals surface area contributed by atoms with Crippen molar-refractivity contribution in [2.24, 2.45) is 5.92 Å². The van der Waals surface area contributed by atoms with Crippen LogP contribution in [-0.4, -0.2) is 51.4 Å². The average molecular weight is 215 g/mol. The Hall–Kier alpha value is -0.980. The Labute approximate surface area is 85.9 Å². The number of rotatable bonds is 1. The highest BCUT2D eigenvalue weighted by Gasteiger charge is 2.49. The quantitative estimate of drug-likeness (QED) is 0.407. The van der Waals surface area contributed by atoms with Crippen LogP contribution in [-0.2, 0) is 9.59 Å². The third-order valence-corrected chi connectivity index (χ3v) is 3.20. The molecule has 0 amide bonds. The summed E-state index contributed by atoms with van der Waals surface area (Å²) in [5.74, 6) is -1.68. The van der Waals surface area contributed by atoms with Crippen molar-refractivity contribution < 1.29 is 24.9 Å². The Bertz CT molecular complexity index is 305. The van der Waals surface area contributed by atoms with Crippen LogP contribution in [0.5, 0.6) is 0 Å². The summed E-state index contributed by atoms with van der Waals surface area (Å²) in [5, 5.41) is 30.4. The molecule has 0 bridgehead atoms. The third-order valence-electron chi connectivity index (χ3n) is 3.20. The van der Waals surface area contributed by atoms with Crippen molar-refractivity contribution in [3.63, 3.8) is 0 Å². The Morgan fingerprint density at radius 2 is 2.07 bits per heavy atom. The largest absolute Gasteiger partial charge is 0.480 e. The van der Waals surface area contributed by atoms with Crippen LogP contribution >= 0.6 is 0 Å². The molecule has 6 heteroatoms. The molecular weight excluding hydrogens is 202 g/mol. The van der Waals surface area contributed by atoms with Crippen LogP contribution < -0.4 is 5.32 Å². The van der Waals surface area contributed by atoms with Crippen LogP contribution in [0.3, 0.4) is 0 Å². The number of aliphatic carboxylic acids is 1. The first kappa shape index (κ1) is 10.5. The number of Topliss-reactive ketones (excluding diaryl/α,β-unsaturated/α-hetero) is 1. The van der Waals surface area contributed by atoms with Crippen molar-refractivity contribution in [1.29, 1.82) is 0 Å². The van der Waals surface area contributed by atoms with Crippen molar-refractivity contribution in [2.75, 3.05) is 0 Å². The van der Waals surface area contributed by atoms with Gasteiger partial charge in [-0.15, -0.1) is 0 Å². The molecule has 0 aromatic carbocycles. The minimum absolute atomic E-state index is 0.0870. The van der Waals surface area contributed by atoms with Crippen LogP contribution in [0.1, 0.15) is 12.8 Å². The molecule has 0 radical (unpaired) electrons. The summed E-state index contributed by atoms with van der Waals surface area (Å²) >= 11 is 0. The summed E-state index contributed by atoms with van der Waals surface area (Å²) in [6, 6.07) is -1.42. The highest BCUT2D eigenvalue weighted by Crippen LogP contribution is 2.31. The van der Waals surface area contributed by atoms with Crippen LogP contribution in [0, 0.1) is 5.92 Å². The van der Waals surface area contributed by atoms with Gasteiger partial charge in [-0.2, -0.15) is 0 Å². The summed E-state index contributed by atoms with van der Waals surface area (Å²) in [6.45, 7) is 0. The van der Waals surface area contributed by atoms with Gasteiger partial charge in [-0.3, -0.25) is 14.9 Å². The molecule has 1 aliphatic carbocycles. The van der Waals surface area contributed by atoms with Crippen LogP contribution in [0.25, 0.3) is 0 Å². The molecule has 4 N–H and O–H groups in total. The lowest BCUT2D eigenvalue weighted by atomic mass is 9.80. The molecule has 2 fully saturated rings. The zero-order chi connectivity index (χ0) is 11.2. The second-order valence-corrected chi connectivity index (χ2v) is 4.15. The molecule has 1 saturated carbocycles. The fraction of sp³-hybridized carbons (Fsp3) is 0.778. The van der Waals surface area contributed by atoms with Crippen molar-refractivity contribution in [1.82, 2.24) is 5.32 Å². The average Bonchev–Trinajstić information content (AvgIpc) is 2.59. The number of carboxylic acids is 1. The maximum Gasteiger partial charge on any atom is 0.320 e. The number of hydrogen-bond acceptors (Lipinski definition) is 5. The topological polar surface area (TPSA) is 107 Å². The number of carbonyl (C=O) groups excluding carboxylic acids is 1. The first-order valence-electron chi connectivity index (χ1n) is 4.88. The third kappa shape index (κ3) is 1.64. The lowest BCUT2D eigenvalue weighted by molar-refractivity contribution is -0.139. The first-order chi connectivity index (χ1) is 7.00. The lowest BCUT2D eigenvalue weighted by Crippen LogP contribution is -2.54. The molecular formula is C9H13NO5. The van der Waals surface area contributed by atoms with Gasteiger partial charge in [0.15, 0.2) is 0 Å². The zero-order valence-electron chi connectivity index (χ0n) is 7.96. The second kappa shape index (κ2) is 3.55. The van der Waals surface area contributed by atoms with Gasteiger partial charge in [-0.05, 0) is 6.42 Å². The molecule has 1 aliphatic heterocycles. The normalized spacial score (nSPS) is 45.2. The standard InChI is InChI=1S/C9H13NO5/c11-5-2-6(12)8(13)7-3(5)1-4(10-7)9(14)15/h3-4,6-8,10,12-13H,1-2H2,(H,14,15)/t3-,4+,6+,7-,8+/m1/s1. The van der Waals surface area contributed by atoms with Crippen molar-refractivity contribution in [3.8, 4) is 0 Å². The first-order valence-corrected chi connectivity index (χ1v) is 4.88. The van der Waals surface area contributed by atoms with Gasteiger partial charge in [0.05, 0.1) is 12.2 Å². The van der Waals surface area contributed by atoms with E-state index in [2.05, 4.69) is 5.32 Å². The number of aliphatic hydroxyl groups is 2. The molecule has 0 spiro atoms. The van der Waals surface area contributed by atoms with Gasteiger partial charge in [0.2, 0.25) is 0 Å². The summed E-state index contributed by atoms with van der Waals surface area (Å²) in [6.07, 6.45) is -2.03. The number of carbonyl (C=O) groups is 2. The van der Waals surface area contributed by atoms with Crippen molar-refractivity contribution in [2.45, 2.75) is 37.1 Å². The molecule has 2 rings (SSSR count). The van der Waals surface area contributed by atoms with E-state index in [0.29, 0.717) is 0 Å². The van der Waals surface area contributed by atoms with E-state index in [1.54, 1.807) is 0 Å². The number of fused-ring (bicyclic) bond motifs is 1. The Balaban J connectivity index is 2.17. The summed E-state index contributed by atoms with van der Waals surface area (Å²) in [5.41, 5.74) is 0. The van der Waals surface area contributed by atoms with Crippen molar-refractivity contribution in [3.05, 3.63) is 0 Å². The van der Waals surface area contributed by atoms with Gasteiger partial charge in [0.25, 0.3) is 0 Å². The van der Waals surface area contributed by atoms with Crippen LogP contribution in [0.15, 0.2) is 0 Å². The second-order valence-electron chi connectivity index (χ2n) is 4.15. The smallest absolute Gasteiger partial charge is 0.320 e. The van der Waals surface area contributed by atoms with Gasteiger partial charge in [-0.25, -0.2) is 0 Å². The van der Waals surface area contributed by atoms with E-state index in [0.717, 1.165) is 0 Å². The van der Waals surface area contributed by atoms with Crippen LogP contribution in [0.4, 0.5) is 0 Å². The Morgan fingerprint density at radius 1 is 1.40 bits per heavy atom. The van der Waals surface area contributed by atoms with E-state index in [-0.39, 0.29) is 18.6 Å². The molecule has 6 nitrogen and oxygen atoms in total. The molecule has 0 aromatic heterocycles. The van der Waals surface area contributed by atoms with Gasteiger partial charge in [-0.1, -0.05) is 0 Å². The molecule has 0 unspecified atom stereocenters. The van der Waals surface area contributed by atoms with Gasteiger partial charge >= 0.3 is 5.97 Å². The summed E-state index contributed by atoms with van der Waals surface area (Å²) in [7, 11) is 0. The van der Waals surface area contributed by atoms with Gasteiger partial charge in [0.1, 0.15) is 11.8 Å². The highest BCUT2D eigenvalue weighted by molar-refractivity contribution is 5.86. The Morgan fingerprint density at radius 3 is 2.67 bits per heavy atom. The number of aliphatic hydroxyl groups excluding tert-OH is 2. The van der Waals surface area contributed by atoms with Gasteiger partial charge < -0.3 is 15.3 Å². The number of carboxylic acid groups (broad SMARTS) is 1. The summed E-state index contributed by atoms with van der Waals surface area (Å²) < 4.78 is 0. The lowest BCUT2D eigenvalue weighted by Gasteiger charge is -2.32. The molecule has 0 aromatic rings. The van der Waals surface area contributed by atoms with Gasteiger partial charge in [0, 0.05) is 18.4 Å². The monoisotopic (exact) mass is 215 g/mol. The predicted molar refractivity (Wildman–Crippen MR) is 48.1 cm³/mol. The van der Waals surface area contributed by atoms with E-state index in [1.165, 1.54) is 0 Å². The van der Waals surface area contributed by atoms with E-state index >= 15 is 0 Å². The van der Waals surface area contributed by atoms with E-state index in [9.17, 15) is 19.8 Å². The fourth-order valence-electron chi connectivity index (χ4n) is 2.38. The molecule has 84 valence electrons. The van der Waals surface area contributed by atoms with Crippen LogP contribution in [0.2, 0.25) is 0 Å². The van der Waals surface area contributed by atoms with E-state index in [4.69, 9.17) is 5.11 Å². The minimum Gasteiger partial charge on any atom is -0.480 e. The maximum absolute atomic E-state index is 11.5. The fourth-order valence-corrected chi connectivity index (χ4v) is 2.38. The Kier molecular flexibility index (Phi) is 2.49. The highest BCUT2D eigenvalue weighted by atomic mass is 16.4. The molecule has 2 aliphatic rings. The van der Waals surface area contributed by atoms with E-state index < -0.39 is 36.2 Å². The minimum atomic E-state index is -1.08. The zero-order valence-corrected chi connectivity index (χ0v) is 7.96. The number of nitrogens with one attached hydrogen (secondary N) is 1. The molecule has 1 saturated heterocycles. The maximum atomic E-state index is 11.5. The van der Waals surface area contributed by atoms with Crippen molar-refractivity contribution >= 4 is 11.8 Å². The van der Waals surface area contributed by atoms with E-state index in [1.807, 2.05) is 0 Å². The SMILES string of the molecule is O=C(O)[C@@H]1C[C@@H]2C(=O)C[C@H](O)[C@H](O)[C@@H]2N1.